The van der Waals surface area contributed by atoms with E-state index in [2.05, 4.69) is 28.9 Å². The topological polar surface area (TPSA) is 59.2 Å². The van der Waals surface area contributed by atoms with Crippen molar-refractivity contribution in [2.45, 2.75) is 44.3 Å². The maximum Gasteiger partial charge on any atom is 0.128 e. The van der Waals surface area contributed by atoms with Crippen molar-refractivity contribution >= 4 is 16.8 Å². The molecule has 2 heterocycles. The first-order chi connectivity index (χ1) is 9.08. The lowest BCUT2D eigenvalue weighted by atomic mass is 9.98. The second kappa shape index (κ2) is 6.48. The maximum atomic E-state index is 11.2. The molecule has 1 aliphatic heterocycles. The fourth-order valence-corrected chi connectivity index (χ4v) is 3.03. The van der Waals surface area contributed by atoms with Gasteiger partial charge in [-0.25, -0.2) is 9.19 Å². The molecule has 0 radical (unpaired) electrons. The first-order valence-corrected chi connectivity index (χ1v) is 8.21. The van der Waals surface area contributed by atoms with Crippen molar-refractivity contribution in [2.24, 2.45) is 5.14 Å². The predicted molar refractivity (Wildman–Crippen MR) is 80.5 cm³/mol. The lowest BCUT2D eigenvalue weighted by Crippen LogP contribution is -2.21. The summed E-state index contributed by atoms with van der Waals surface area (Å²) in [6, 6.07) is 4.23. The Morgan fingerprint density at radius 2 is 2.05 bits per heavy atom. The number of pyridine rings is 1. The third kappa shape index (κ3) is 3.76. The number of nitrogens with two attached hydrogens (primary N) is 1. The van der Waals surface area contributed by atoms with Gasteiger partial charge in [0.25, 0.3) is 0 Å². The van der Waals surface area contributed by atoms with Gasteiger partial charge in [0, 0.05) is 24.5 Å². The molecule has 0 spiro atoms. The summed E-state index contributed by atoms with van der Waals surface area (Å²) in [5, 5.41) is 5.44. The average molecular weight is 281 g/mol. The number of nitrogens with zero attached hydrogens (tertiary/aromatic N) is 2. The number of hydrogen-bond acceptors (Lipinski definition) is 3. The second-order valence-electron chi connectivity index (χ2n) is 5.42. The zero-order valence-electron chi connectivity index (χ0n) is 11.7. The van der Waals surface area contributed by atoms with Crippen molar-refractivity contribution in [3.05, 3.63) is 23.9 Å². The Kier molecular flexibility index (Phi) is 4.93. The van der Waals surface area contributed by atoms with Crippen LogP contribution in [0.2, 0.25) is 0 Å². The Morgan fingerprint density at radius 3 is 2.58 bits per heavy atom. The third-order valence-electron chi connectivity index (χ3n) is 3.85. The zero-order chi connectivity index (χ0) is 13.8. The largest absolute Gasteiger partial charge is 0.357 e. The van der Waals surface area contributed by atoms with Gasteiger partial charge >= 0.3 is 0 Å². The molecule has 0 amide bonds. The van der Waals surface area contributed by atoms with E-state index in [1.165, 1.54) is 18.4 Å². The lowest BCUT2D eigenvalue weighted by Gasteiger charge is -2.19. The molecule has 106 valence electrons. The normalized spacial score (nSPS) is 20.3. The molecule has 1 aromatic rings. The van der Waals surface area contributed by atoms with Gasteiger partial charge in [0.1, 0.15) is 5.82 Å². The smallest absolute Gasteiger partial charge is 0.128 e. The fourth-order valence-electron chi connectivity index (χ4n) is 2.55. The van der Waals surface area contributed by atoms with Gasteiger partial charge in [-0.2, -0.15) is 0 Å². The number of rotatable bonds is 5. The lowest BCUT2D eigenvalue weighted by molar-refractivity contribution is 0.634. The number of hydrogen-bond donors (Lipinski definition) is 1. The van der Waals surface area contributed by atoms with E-state index in [0.717, 1.165) is 25.3 Å². The summed E-state index contributed by atoms with van der Waals surface area (Å²) in [6.45, 7) is 6.30. The van der Waals surface area contributed by atoms with Crippen LogP contribution in [0.15, 0.2) is 18.3 Å². The van der Waals surface area contributed by atoms with E-state index in [4.69, 9.17) is 5.14 Å². The van der Waals surface area contributed by atoms with Crippen LogP contribution in [0.1, 0.15) is 44.6 Å². The van der Waals surface area contributed by atoms with Gasteiger partial charge in [0.05, 0.1) is 11.0 Å². The van der Waals surface area contributed by atoms with Crippen LogP contribution in [0.4, 0.5) is 5.82 Å². The molecule has 4 nitrogen and oxygen atoms in total. The summed E-state index contributed by atoms with van der Waals surface area (Å²) in [6.07, 6.45) is 5.30. The van der Waals surface area contributed by atoms with Gasteiger partial charge in [0.2, 0.25) is 0 Å². The van der Waals surface area contributed by atoms with Gasteiger partial charge in [-0.05, 0) is 43.7 Å². The third-order valence-corrected chi connectivity index (χ3v) is 4.84. The first kappa shape index (κ1) is 14.5. The van der Waals surface area contributed by atoms with Gasteiger partial charge in [-0.3, -0.25) is 5.14 Å². The molecule has 1 aliphatic rings. The van der Waals surface area contributed by atoms with Crippen molar-refractivity contribution in [3.63, 3.8) is 0 Å². The van der Waals surface area contributed by atoms with Crippen molar-refractivity contribution in [1.82, 2.24) is 4.98 Å². The Hall–Kier alpha value is -0.940. The molecule has 0 aromatic carbocycles. The molecular weight excluding hydrogens is 258 g/mol. The van der Waals surface area contributed by atoms with Gasteiger partial charge in [0.15, 0.2) is 0 Å². The van der Waals surface area contributed by atoms with Gasteiger partial charge < -0.3 is 4.90 Å². The summed E-state index contributed by atoms with van der Waals surface area (Å²) < 4.78 is 11.2. The predicted octanol–water partition coefficient (Wildman–Crippen LogP) is 2.19. The minimum Gasteiger partial charge on any atom is -0.357 e. The van der Waals surface area contributed by atoms with E-state index in [9.17, 15) is 4.21 Å². The Bertz CT molecular complexity index is 429. The Balaban J connectivity index is 1.99. The van der Waals surface area contributed by atoms with E-state index >= 15 is 0 Å². The van der Waals surface area contributed by atoms with E-state index in [1.807, 2.05) is 13.1 Å². The summed E-state index contributed by atoms with van der Waals surface area (Å²) in [5.41, 5.74) is 1.19. The molecular formula is C14H23N3OS. The highest BCUT2D eigenvalue weighted by Gasteiger charge is 2.16. The first-order valence-electron chi connectivity index (χ1n) is 6.94. The Labute approximate surface area is 118 Å². The molecule has 19 heavy (non-hydrogen) atoms. The SMILES string of the molecule is CC(C[C@H](C)c1ccc(N2CCCC2)nc1)S(N)=O. The minimum absolute atomic E-state index is 0.0215. The zero-order valence-corrected chi connectivity index (χ0v) is 12.5. The van der Waals surface area contributed by atoms with Crippen LogP contribution < -0.4 is 10.0 Å². The standard InChI is InChI=1S/C14H23N3OS/c1-11(9-12(2)19(15)18)13-5-6-14(16-10-13)17-7-3-4-8-17/h5-6,10-12H,3-4,7-9,15H2,1-2H3/t11-,12?,19?/m0/s1. The van der Waals surface area contributed by atoms with Crippen molar-refractivity contribution in [3.8, 4) is 0 Å². The summed E-state index contributed by atoms with van der Waals surface area (Å²) >= 11 is 0. The van der Waals surface area contributed by atoms with Crippen LogP contribution in [0, 0.1) is 0 Å². The highest BCUT2D eigenvalue weighted by molar-refractivity contribution is 7.83. The number of anilines is 1. The molecule has 1 aromatic heterocycles. The van der Waals surface area contributed by atoms with E-state index in [1.54, 1.807) is 0 Å². The van der Waals surface area contributed by atoms with E-state index in [0.29, 0.717) is 5.92 Å². The molecule has 2 N–H and O–H groups in total. The average Bonchev–Trinajstić information content (AvgIpc) is 2.92. The van der Waals surface area contributed by atoms with Crippen LogP contribution in [-0.4, -0.2) is 27.5 Å². The molecule has 0 saturated carbocycles. The van der Waals surface area contributed by atoms with Crippen LogP contribution >= 0.6 is 0 Å². The van der Waals surface area contributed by atoms with Gasteiger partial charge in [-0.15, -0.1) is 0 Å². The minimum atomic E-state index is -1.24. The van der Waals surface area contributed by atoms with Crippen molar-refractivity contribution < 1.29 is 4.21 Å². The molecule has 1 fully saturated rings. The highest BCUT2D eigenvalue weighted by atomic mass is 32.2. The van der Waals surface area contributed by atoms with E-state index in [-0.39, 0.29) is 5.25 Å². The molecule has 3 atom stereocenters. The molecule has 2 rings (SSSR count). The molecule has 1 saturated heterocycles. The van der Waals surface area contributed by atoms with Crippen LogP contribution in [-0.2, 0) is 11.0 Å². The van der Waals surface area contributed by atoms with Crippen LogP contribution in [0.25, 0.3) is 0 Å². The molecule has 5 heteroatoms. The van der Waals surface area contributed by atoms with Crippen molar-refractivity contribution in [1.29, 1.82) is 0 Å². The highest BCUT2D eigenvalue weighted by Crippen LogP contribution is 2.24. The fraction of sp³-hybridized carbons (Fsp3) is 0.643. The molecule has 0 bridgehead atoms. The van der Waals surface area contributed by atoms with Crippen LogP contribution in [0.3, 0.4) is 0 Å². The molecule has 2 unspecified atom stereocenters. The van der Waals surface area contributed by atoms with E-state index < -0.39 is 11.0 Å². The Morgan fingerprint density at radius 1 is 1.37 bits per heavy atom. The van der Waals surface area contributed by atoms with Crippen LogP contribution in [0.5, 0.6) is 0 Å². The molecule has 0 aliphatic carbocycles. The quantitative estimate of drug-likeness (QED) is 0.900. The summed E-state index contributed by atoms with van der Waals surface area (Å²) in [7, 11) is -1.24. The van der Waals surface area contributed by atoms with Crippen molar-refractivity contribution in [2.75, 3.05) is 18.0 Å². The second-order valence-corrected chi connectivity index (χ2v) is 6.88. The summed E-state index contributed by atoms with van der Waals surface area (Å²) in [4.78, 5) is 6.88. The number of aromatic nitrogens is 1. The maximum absolute atomic E-state index is 11.2. The summed E-state index contributed by atoms with van der Waals surface area (Å²) in [5.74, 6) is 1.41. The monoisotopic (exact) mass is 281 g/mol. The van der Waals surface area contributed by atoms with Gasteiger partial charge in [-0.1, -0.05) is 13.0 Å².